The molecule has 0 aliphatic heterocycles. The van der Waals surface area contributed by atoms with E-state index in [-0.39, 0.29) is 5.75 Å². The van der Waals surface area contributed by atoms with E-state index < -0.39 is 0 Å². The molecule has 18 heavy (non-hydrogen) atoms. The molecule has 0 bridgehead atoms. The van der Waals surface area contributed by atoms with Crippen LogP contribution in [0.3, 0.4) is 0 Å². The number of ether oxygens (including phenoxy) is 2. The summed E-state index contributed by atoms with van der Waals surface area (Å²) in [5.41, 5.74) is 1.07. The first-order valence-electron chi connectivity index (χ1n) is 6.03. The van der Waals surface area contributed by atoms with E-state index in [2.05, 4.69) is 11.9 Å². The minimum absolute atomic E-state index is 0.161. The van der Waals surface area contributed by atoms with Crippen LogP contribution in [0.1, 0.15) is 12.0 Å². The average Bonchev–Trinajstić information content (AvgIpc) is 2.39. The van der Waals surface area contributed by atoms with Crippen LogP contribution in [0.25, 0.3) is 0 Å². The van der Waals surface area contributed by atoms with Crippen LogP contribution < -0.4 is 10.1 Å². The number of hydrogen-bond acceptors (Lipinski definition) is 4. The summed E-state index contributed by atoms with van der Waals surface area (Å²) in [4.78, 5) is 0. The van der Waals surface area contributed by atoms with Gasteiger partial charge in [-0.25, -0.2) is 0 Å². The van der Waals surface area contributed by atoms with Crippen LogP contribution in [-0.2, 0) is 11.3 Å². The maximum Gasteiger partial charge on any atom is 0.160 e. The predicted molar refractivity (Wildman–Crippen MR) is 72.0 cm³/mol. The summed E-state index contributed by atoms with van der Waals surface area (Å²) in [7, 11) is 1.54. The Balaban J connectivity index is 2.21. The minimum atomic E-state index is 0.161. The summed E-state index contributed by atoms with van der Waals surface area (Å²) in [5.74, 6) is 0.658. The third-order valence-corrected chi connectivity index (χ3v) is 2.46. The summed E-state index contributed by atoms with van der Waals surface area (Å²) in [5, 5.41) is 12.7. The monoisotopic (exact) mass is 251 g/mol. The Morgan fingerprint density at radius 2 is 2.22 bits per heavy atom. The lowest BCUT2D eigenvalue weighted by Gasteiger charge is -2.08. The van der Waals surface area contributed by atoms with Gasteiger partial charge in [-0.2, -0.15) is 0 Å². The van der Waals surface area contributed by atoms with E-state index in [4.69, 9.17) is 9.47 Å². The third-order valence-electron chi connectivity index (χ3n) is 2.46. The summed E-state index contributed by atoms with van der Waals surface area (Å²) in [6.07, 6.45) is 2.73. The van der Waals surface area contributed by atoms with Crippen LogP contribution in [-0.4, -0.2) is 32.0 Å². The molecule has 1 rings (SSSR count). The second kappa shape index (κ2) is 8.55. The topological polar surface area (TPSA) is 50.7 Å². The second-order valence-corrected chi connectivity index (χ2v) is 3.87. The number of phenols is 1. The molecule has 0 aliphatic carbocycles. The number of hydrogen-bond donors (Lipinski definition) is 2. The van der Waals surface area contributed by atoms with E-state index in [0.717, 1.165) is 31.7 Å². The number of methoxy groups -OCH3 is 1. The van der Waals surface area contributed by atoms with Crippen molar-refractivity contribution in [3.05, 3.63) is 36.4 Å². The second-order valence-electron chi connectivity index (χ2n) is 3.87. The van der Waals surface area contributed by atoms with Gasteiger partial charge >= 0.3 is 0 Å². The van der Waals surface area contributed by atoms with Gasteiger partial charge in [0.1, 0.15) is 0 Å². The van der Waals surface area contributed by atoms with Gasteiger partial charge in [-0.3, -0.25) is 0 Å². The van der Waals surface area contributed by atoms with Crippen LogP contribution in [0, 0.1) is 0 Å². The number of benzene rings is 1. The van der Waals surface area contributed by atoms with Crippen molar-refractivity contribution in [1.82, 2.24) is 5.32 Å². The summed E-state index contributed by atoms with van der Waals surface area (Å²) < 4.78 is 10.4. The van der Waals surface area contributed by atoms with Crippen molar-refractivity contribution >= 4 is 0 Å². The SMILES string of the molecule is C=CCCOCCNCc1ccc(O)c(OC)c1. The normalized spacial score (nSPS) is 10.3. The fourth-order valence-electron chi connectivity index (χ4n) is 1.48. The largest absolute Gasteiger partial charge is 0.504 e. The minimum Gasteiger partial charge on any atom is -0.504 e. The summed E-state index contributed by atoms with van der Waals surface area (Å²) >= 11 is 0. The van der Waals surface area contributed by atoms with Crippen molar-refractivity contribution in [2.24, 2.45) is 0 Å². The molecule has 0 atom stereocenters. The molecule has 0 radical (unpaired) electrons. The first-order valence-corrected chi connectivity index (χ1v) is 6.03. The molecule has 0 spiro atoms. The van der Waals surface area contributed by atoms with Crippen molar-refractivity contribution in [3.63, 3.8) is 0 Å². The van der Waals surface area contributed by atoms with E-state index in [9.17, 15) is 5.11 Å². The standard InChI is InChI=1S/C14H21NO3/c1-3-4-8-18-9-7-15-11-12-5-6-13(16)14(10-12)17-2/h3,5-6,10,15-16H,1,4,7-9,11H2,2H3. The Morgan fingerprint density at radius 1 is 1.39 bits per heavy atom. The number of nitrogens with one attached hydrogen (secondary N) is 1. The highest BCUT2D eigenvalue weighted by atomic mass is 16.5. The van der Waals surface area contributed by atoms with E-state index in [1.807, 2.05) is 18.2 Å². The van der Waals surface area contributed by atoms with Gasteiger partial charge in [0.15, 0.2) is 11.5 Å². The third kappa shape index (κ3) is 5.21. The zero-order chi connectivity index (χ0) is 13.2. The van der Waals surface area contributed by atoms with Gasteiger partial charge in [-0.15, -0.1) is 6.58 Å². The molecule has 1 aromatic rings. The Hall–Kier alpha value is -1.52. The van der Waals surface area contributed by atoms with Gasteiger partial charge in [0.2, 0.25) is 0 Å². The maximum atomic E-state index is 9.45. The quantitative estimate of drug-likeness (QED) is 0.521. The summed E-state index contributed by atoms with van der Waals surface area (Å²) in [6.45, 7) is 6.55. The molecule has 4 heteroatoms. The molecule has 0 unspecified atom stereocenters. The van der Waals surface area contributed by atoms with E-state index in [1.54, 1.807) is 13.2 Å². The first kappa shape index (κ1) is 14.5. The highest BCUT2D eigenvalue weighted by molar-refractivity contribution is 5.41. The molecular formula is C14H21NO3. The smallest absolute Gasteiger partial charge is 0.160 e. The first-order chi connectivity index (χ1) is 8.77. The van der Waals surface area contributed by atoms with Crippen LogP contribution in [0.2, 0.25) is 0 Å². The van der Waals surface area contributed by atoms with Crippen LogP contribution in [0.15, 0.2) is 30.9 Å². The number of phenolic OH excluding ortho intramolecular Hbond substituents is 1. The highest BCUT2D eigenvalue weighted by Crippen LogP contribution is 2.25. The molecule has 0 saturated heterocycles. The van der Waals surface area contributed by atoms with Crippen molar-refractivity contribution in [3.8, 4) is 11.5 Å². The molecule has 1 aromatic carbocycles. The predicted octanol–water partition coefficient (Wildman–Crippen LogP) is 2.08. The fourth-order valence-corrected chi connectivity index (χ4v) is 1.48. The fraction of sp³-hybridized carbons (Fsp3) is 0.429. The Kier molecular flexibility index (Phi) is 6.91. The molecule has 0 aliphatic rings. The van der Waals surface area contributed by atoms with Crippen LogP contribution in [0.5, 0.6) is 11.5 Å². The zero-order valence-electron chi connectivity index (χ0n) is 10.8. The van der Waals surface area contributed by atoms with E-state index >= 15 is 0 Å². The molecule has 4 nitrogen and oxygen atoms in total. The van der Waals surface area contributed by atoms with Gasteiger partial charge in [0.05, 0.1) is 20.3 Å². The molecule has 0 heterocycles. The Labute approximate surface area is 108 Å². The molecule has 0 amide bonds. The number of aromatic hydroxyl groups is 1. The van der Waals surface area contributed by atoms with Crippen molar-refractivity contribution in [2.45, 2.75) is 13.0 Å². The van der Waals surface area contributed by atoms with Crippen LogP contribution >= 0.6 is 0 Å². The molecule has 2 N–H and O–H groups in total. The number of rotatable bonds is 9. The molecule has 0 saturated carbocycles. The maximum absolute atomic E-state index is 9.45. The van der Waals surface area contributed by atoms with Crippen molar-refractivity contribution in [2.75, 3.05) is 26.9 Å². The summed E-state index contributed by atoms with van der Waals surface area (Å²) in [6, 6.07) is 5.32. The van der Waals surface area contributed by atoms with Gasteiger partial charge < -0.3 is 19.9 Å². The van der Waals surface area contributed by atoms with Gasteiger partial charge in [0, 0.05) is 13.1 Å². The molecule has 0 fully saturated rings. The van der Waals surface area contributed by atoms with Gasteiger partial charge in [-0.1, -0.05) is 12.1 Å². The molecule has 100 valence electrons. The lowest BCUT2D eigenvalue weighted by molar-refractivity contribution is 0.140. The lowest BCUT2D eigenvalue weighted by Crippen LogP contribution is -2.19. The van der Waals surface area contributed by atoms with E-state index in [0.29, 0.717) is 12.4 Å². The van der Waals surface area contributed by atoms with Gasteiger partial charge in [-0.05, 0) is 24.1 Å². The molecule has 0 aromatic heterocycles. The Morgan fingerprint density at radius 3 is 2.94 bits per heavy atom. The van der Waals surface area contributed by atoms with Crippen molar-refractivity contribution in [1.29, 1.82) is 0 Å². The van der Waals surface area contributed by atoms with Crippen molar-refractivity contribution < 1.29 is 14.6 Å². The van der Waals surface area contributed by atoms with Gasteiger partial charge in [0.25, 0.3) is 0 Å². The molecular weight excluding hydrogens is 230 g/mol. The lowest BCUT2D eigenvalue weighted by atomic mass is 10.2. The van der Waals surface area contributed by atoms with E-state index in [1.165, 1.54) is 0 Å². The van der Waals surface area contributed by atoms with Crippen LogP contribution in [0.4, 0.5) is 0 Å². The zero-order valence-corrected chi connectivity index (χ0v) is 10.8. The average molecular weight is 251 g/mol. The Bertz CT molecular complexity index is 366. The highest BCUT2D eigenvalue weighted by Gasteiger charge is 2.01.